The van der Waals surface area contributed by atoms with Gasteiger partial charge in [0.05, 0.1) is 0 Å². The molecule has 0 bridgehead atoms. The molecule has 2 aliphatic rings. The lowest BCUT2D eigenvalue weighted by Crippen LogP contribution is -2.36. The minimum Gasteiger partial charge on any atom is -0.398 e. The molecule has 4 N–H and O–H groups in total. The molecule has 4 rings (SSSR count). The van der Waals surface area contributed by atoms with Crippen molar-refractivity contribution in [2.24, 2.45) is 0 Å². The average molecular weight is 449 g/mol. The van der Waals surface area contributed by atoms with Gasteiger partial charge in [0.2, 0.25) is 0 Å². The number of anilines is 2. The Bertz CT molecular complexity index is 905. The first-order chi connectivity index (χ1) is 14.9. The molecule has 0 spiro atoms. The lowest BCUT2D eigenvalue weighted by atomic mass is 9.86. The monoisotopic (exact) mass is 448 g/mol. The molecule has 2 aliphatic carbocycles. The van der Waals surface area contributed by atoms with Gasteiger partial charge in [-0.2, -0.15) is 17.6 Å². The highest BCUT2D eigenvalue weighted by Crippen LogP contribution is 2.54. The Morgan fingerprint density at radius 1 is 0.656 bits per heavy atom. The minimum absolute atomic E-state index is 0.0717. The van der Waals surface area contributed by atoms with E-state index in [1.165, 1.54) is 24.3 Å². The van der Waals surface area contributed by atoms with Crippen molar-refractivity contribution in [3.05, 3.63) is 57.6 Å². The molecule has 2 nitrogen and oxygen atoms in total. The van der Waals surface area contributed by atoms with Crippen molar-refractivity contribution < 1.29 is 17.6 Å². The molecule has 2 saturated carbocycles. The number of rotatable bonds is 7. The molecule has 2 fully saturated rings. The summed E-state index contributed by atoms with van der Waals surface area (Å²) < 4.78 is 62.5. The number of halogens is 4. The Morgan fingerprint density at radius 3 is 1.22 bits per heavy atom. The molecule has 0 amide bonds. The van der Waals surface area contributed by atoms with Crippen LogP contribution in [0.3, 0.4) is 0 Å². The number of nitrogens with two attached hydrogens (primary N) is 2. The van der Waals surface area contributed by atoms with Gasteiger partial charge in [-0.05, 0) is 95.9 Å². The molecule has 0 atom stereocenters. The summed E-state index contributed by atoms with van der Waals surface area (Å²) in [5, 5.41) is 0. The van der Waals surface area contributed by atoms with Crippen LogP contribution < -0.4 is 11.5 Å². The Kier molecular flexibility index (Phi) is 5.50. The SMILES string of the molecule is CC(C)c1cc(C(F)(F)C(F)(F)c2cc(C(C)C)c(N)c(C3CC3)c2)cc(C2CC2)c1N. The summed E-state index contributed by atoms with van der Waals surface area (Å²) in [4.78, 5) is 0. The molecule has 2 aromatic carbocycles. The lowest BCUT2D eigenvalue weighted by molar-refractivity contribution is -0.224. The summed E-state index contributed by atoms with van der Waals surface area (Å²) in [6, 6.07) is 4.75. The van der Waals surface area contributed by atoms with Gasteiger partial charge in [0.1, 0.15) is 0 Å². The zero-order valence-electron chi connectivity index (χ0n) is 19.1. The van der Waals surface area contributed by atoms with Gasteiger partial charge >= 0.3 is 11.8 Å². The Hall–Kier alpha value is -2.24. The van der Waals surface area contributed by atoms with Gasteiger partial charge in [0, 0.05) is 22.5 Å². The molecule has 0 aromatic heterocycles. The smallest absolute Gasteiger partial charge is 0.339 e. The van der Waals surface area contributed by atoms with Gasteiger partial charge < -0.3 is 11.5 Å². The van der Waals surface area contributed by atoms with Crippen LogP contribution in [0.15, 0.2) is 24.3 Å². The molecule has 2 aromatic rings. The van der Waals surface area contributed by atoms with E-state index >= 15 is 17.6 Å². The van der Waals surface area contributed by atoms with E-state index in [4.69, 9.17) is 11.5 Å². The van der Waals surface area contributed by atoms with E-state index in [0.717, 1.165) is 25.7 Å². The maximum Gasteiger partial charge on any atom is 0.339 e. The molecule has 6 heteroatoms. The van der Waals surface area contributed by atoms with E-state index < -0.39 is 23.0 Å². The fourth-order valence-corrected chi connectivity index (χ4v) is 4.54. The summed E-state index contributed by atoms with van der Waals surface area (Å²) in [5.41, 5.74) is 14.2. The molecule has 174 valence electrons. The third-order valence-electron chi connectivity index (χ3n) is 6.89. The highest BCUT2D eigenvalue weighted by Gasteiger charge is 2.59. The van der Waals surface area contributed by atoms with Crippen molar-refractivity contribution in [2.75, 3.05) is 11.5 Å². The predicted molar refractivity (Wildman–Crippen MR) is 122 cm³/mol. The second kappa shape index (κ2) is 7.67. The van der Waals surface area contributed by atoms with E-state index in [2.05, 4.69) is 0 Å². The van der Waals surface area contributed by atoms with E-state index in [1.807, 2.05) is 27.7 Å². The third kappa shape index (κ3) is 3.75. The van der Waals surface area contributed by atoms with Crippen LogP contribution in [0.5, 0.6) is 0 Å². The summed E-state index contributed by atoms with van der Waals surface area (Å²) >= 11 is 0. The van der Waals surface area contributed by atoms with Crippen LogP contribution in [-0.2, 0) is 11.8 Å². The van der Waals surface area contributed by atoms with Crippen LogP contribution in [0.2, 0.25) is 0 Å². The molecule has 0 unspecified atom stereocenters. The van der Waals surface area contributed by atoms with Gasteiger partial charge in [0.25, 0.3) is 0 Å². The van der Waals surface area contributed by atoms with E-state index in [9.17, 15) is 0 Å². The molecule has 0 saturated heterocycles. The molecule has 0 aliphatic heterocycles. The average Bonchev–Trinajstić information content (AvgIpc) is 3.60. The minimum atomic E-state index is -4.39. The van der Waals surface area contributed by atoms with E-state index in [-0.39, 0.29) is 23.7 Å². The summed E-state index contributed by atoms with van der Waals surface area (Å²) in [6.45, 7) is 7.33. The van der Waals surface area contributed by atoms with Gasteiger partial charge in [-0.25, -0.2) is 0 Å². The highest BCUT2D eigenvalue weighted by molar-refractivity contribution is 5.62. The van der Waals surface area contributed by atoms with Crippen LogP contribution in [0, 0.1) is 0 Å². The van der Waals surface area contributed by atoms with Crippen LogP contribution in [-0.4, -0.2) is 0 Å². The molecule has 32 heavy (non-hydrogen) atoms. The van der Waals surface area contributed by atoms with Crippen molar-refractivity contribution in [2.45, 2.75) is 88.9 Å². The van der Waals surface area contributed by atoms with Gasteiger partial charge in [-0.3, -0.25) is 0 Å². The quantitative estimate of drug-likeness (QED) is 0.336. The van der Waals surface area contributed by atoms with E-state index in [0.29, 0.717) is 33.6 Å². The maximum absolute atomic E-state index is 15.6. The van der Waals surface area contributed by atoms with Gasteiger partial charge in [-0.1, -0.05) is 27.7 Å². The van der Waals surface area contributed by atoms with Crippen LogP contribution in [0.4, 0.5) is 28.9 Å². The second-order valence-corrected chi connectivity index (χ2v) is 10.1. The summed E-state index contributed by atoms with van der Waals surface area (Å²) in [7, 11) is 0. The summed E-state index contributed by atoms with van der Waals surface area (Å²) in [6.07, 6.45) is 3.36. The topological polar surface area (TPSA) is 52.0 Å². The van der Waals surface area contributed by atoms with Crippen molar-refractivity contribution >= 4 is 11.4 Å². The Balaban J connectivity index is 1.85. The first kappa shape index (κ1) is 22.9. The predicted octanol–water partition coefficient (Wildman–Crippen LogP) is 7.74. The largest absolute Gasteiger partial charge is 0.398 e. The molecule has 0 radical (unpaired) electrons. The van der Waals surface area contributed by atoms with Gasteiger partial charge in [-0.15, -0.1) is 0 Å². The van der Waals surface area contributed by atoms with Crippen LogP contribution in [0.25, 0.3) is 0 Å². The molecular formula is C26H32F4N2. The highest BCUT2D eigenvalue weighted by atomic mass is 19.3. The van der Waals surface area contributed by atoms with Gasteiger partial charge in [0.15, 0.2) is 0 Å². The molecule has 0 heterocycles. The van der Waals surface area contributed by atoms with E-state index in [1.54, 1.807) is 0 Å². The standard InChI is InChI=1S/C26H32F4N2/c1-13(2)19-9-17(11-21(23(19)31)15-5-6-15)25(27,28)26(29,30)18-10-20(14(3)4)24(32)22(12-18)16-7-8-16/h9-16H,5-8,31-32H2,1-4H3. The fourth-order valence-electron chi connectivity index (χ4n) is 4.54. The maximum atomic E-state index is 15.6. The number of hydrogen-bond acceptors (Lipinski definition) is 2. The van der Waals surface area contributed by atoms with Crippen molar-refractivity contribution in [1.82, 2.24) is 0 Å². The Morgan fingerprint density at radius 2 is 0.969 bits per heavy atom. The third-order valence-corrected chi connectivity index (χ3v) is 6.89. The van der Waals surface area contributed by atoms with Crippen molar-refractivity contribution in [3.63, 3.8) is 0 Å². The Labute approximate surface area is 187 Å². The number of alkyl halides is 4. The zero-order valence-corrected chi connectivity index (χ0v) is 19.1. The second-order valence-electron chi connectivity index (χ2n) is 10.1. The normalized spacial score (nSPS) is 17.4. The number of benzene rings is 2. The molecular weight excluding hydrogens is 416 g/mol. The van der Waals surface area contributed by atoms with Crippen LogP contribution >= 0.6 is 0 Å². The summed E-state index contributed by atoms with van der Waals surface area (Å²) in [5.74, 6) is -8.94. The van der Waals surface area contributed by atoms with Crippen molar-refractivity contribution in [3.8, 4) is 0 Å². The first-order valence-electron chi connectivity index (χ1n) is 11.5. The number of nitrogen functional groups attached to an aromatic ring is 2. The fraction of sp³-hybridized carbons (Fsp3) is 0.538. The van der Waals surface area contributed by atoms with Crippen molar-refractivity contribution in [1.29, 1.82) is 0 Å². The lowest BCUT2D eigenvalue weighted by Gasteiger charge is -2.30. The number of hydrogen-bond donors (Lipinski definition) is 2. The van der Waals surface area contributed by atoms with Crippen LogP contribution in [0.1, 0.15) is 110 Å². The first-order valence-corrected chi connectivity index (χ1v) is 11.5. The zero-order chi connectivity index (χ0) is 23.6.